The highest BCUT2D eigenvalue weighted by Gasteiger charge is 2.64. The molecular weight excluding hydrogens is 677 g/mol. The van der Waals surface area contributed by atoms with Crippen LogP contribution in [0.4, 0.5) is 13.2 Å². The van der Waals surface area contributed by atoms with Gasteiger partial charge in [-0.05, 0) is 44.6 Å². The van der Waals surface area contributed by atoms with Crippen LogP contribution in [0.15, 0.2) is 54.6 Å². The molecule has 284 valence electrons. The summed E-state index contributed by atoms with van der Waals surface area (Å²) in [7, 11) is 2.08. The molecule has 0 aliphatic heterocycles. The van der Waals surface area contributed by atoms with Gasteiger partial charge in [0.05, 0.1) is 7.11 Å². The van der Waals surface area contributed by atoms with Gasteiger partial charge in [0.1, 0.15) is 24.4 Å². The van der Waals surface area contributed by atoms with E-state index in [0.717, 1.165) is 19.2 Å². The van der Waals surface area contributed by atoms with Crippen LogP contribution >= 0.6 is 0 Å². The number of alkyl halides is 3. The van der Waals surface area contributed by atoms with Crippen LogP contribution in [-0.2, 0) is 58.0 Å². The lowest BCUT2D eigenvalue weighted by Crippen LogP contribution is -2.52. The van der Waals surface area contributed by atoms with Crippen molar-refractivity contribution in [3.05, 3.63) is 60.2 Å². The van der Waals surface area contributed by atoms with Gasteiger partial charge >= 0.3 is 36.0 Å². The summed E-state index contributed by atoms with van der Waals surface area (Å²) in [5.41, 5.74) is -3.93. The minimum Gasteiger partial charge on any atom is -0.469 e. The standard InChI is InChI=1S/C37H49F3O11/c1-7-28(48-24(2)41)19-20-29(51-35(45)36(47-6,37(38,39)40)27-15-11-10-12-16-27)21-22-31-30(17-13-8-9-14-18-34(44)46-5)32(49-25(3)42)23-33(31)50-26(4)43/h8,10-13,15-16,21-22,28-33H,7,9,14,17-20,23H2,1-6H3/b13-8-,22-21+/t28?,29-,30+,31+,32-,33+,36-/m0/s1. The van der Waals surface area contributed by atoms with Crippen molar-refractivity contribution in [2.24, 2.45) is 11.8 Å². The van der Waals surface area contributed by atoms with Crippen molar-refractivity contribution in [1.29, 1.82) is 0 Å². The third kappa shape index (κ3) is 12.8. The van der Waals surface area contributed by atoms with Gasteiger partial charge in [0.15, 0.2) is 0 Å². The summed E-state index contributed by atoms with van der Waals surface area (Å²) in [6.45, 7) is 5.48. The van der Waals surface area contributed by atoms with E-state index in [2.05, 4.69) is 4.74 Å². The molecule has 1 aromatic carbocycles. The SMILES string of the molecule is CCC(CC[C@@H](/C=C/[C@@H]1[C@@H](C/C=C\CCCC(=O)OC)[C@@H](OC(C)=O)C[C@H]1OC(C)=O)OC(=O)[C@@](OC)(c1ccccc1)C(F)(F)F)OC(C)=O. The number of carbonyl (C=O) groups excluding carboxylic acids is 5. The average Bonchev–Trinajstić information content (AvgIpc) is 3.36. The molecular formula is C37H49F3O11. The number of unbranched alkanes of at least 4 members (excludes halogenated alkanes) is 1. The van der Waals surface area contributed by atoms with Crippen molar-refractivity contribution in [2.75, 3.05) is 14.2 Å². The van der Waals surface area contributed by atoms with Crippen molar-refractivity contribution < 1.29 is 65.6 Å². The van der Waals surface area contributed by atoms with Crippen molar-refractivity contribution >= 4 is 29.8 Å². The van der Waals surface area contributed by atoms with E-state index < -0.39 is 77.5 Å². The van der Waals surface area contributed by atoms with Crippen LogP contribution in [-0.4, -0.2) is 74.7 Å². The van der Waals surface area contributed by atoms with Gasteiger partial charge in [0.2, 0.25) is 0 Å². The molecule has 0 radical (unpaired) electrons. The fourth-order valence-corrected chi connectivity index (χ4v) is 6.17. The molecule has 1 aromatic rings. The van der Waals surface area contributed by atoms with Crippen molar-refractivity contribution in [3.8, 4) is 0 Å². The lowest BCUT2D eigenvalue weighted by atomic mass is 9.89. The molecule has 0 aromatic heterocycles. The maximum absolute atomic E-state index is 14.7. The highest BCUT2D eigenvalue weighted by Crippen LogP contribution is 2.44. The Labute approximate surface area is 296 Å². The van der Waals surface area contributed by atoms with Crippen LogP contribution in [0.5, 0.6) is 0 Å². The van der Waals surface area contributed by atoms with E-state index in [9.17, 15) is 37.1 Å². The minimum atomic E-state index is -5.21. The molecule has 0 saturated heterocycles. The zero-order valence-corrected chi connectivity index (χ0v) is 29.9. The number of ether oxygens (including phenoxy) is 6. The van der Waals surface area contributed by atoms with Crippen LogP contribution in [0.25, 0.3) is 0 Å². The molecule has 51 heavy (non-hydrogen) atoms. The van der Waals surface area contributed by atoms with E-state index in [1.165, 1.54) is 52.2 Å². The number of benzene rings is 1. The van der Waals surface area contributed by atoms with Crippen LogP contribution in [0.2, 0.25) is 0 Å². The zero-order valence-electron chi connectivity index (χ0n) is 29.9. The first-order chi connectivity index (χ1) is 24.1. The lowest BCUT2D eigenvalue weighted by molar-refractivity contribution is -0.277. The molecule has 2 rings (SSSR count). The van der Waals surface area contributed by atoms with E-state index in [1.54, 1.807) is 13.0 Å². The van der Waals surface area contributed by atoms with Gasteiger partial charge in [0.25, 0.3) is 5.60 Å². The first kappa shape index (κ1) is 43.0. The molecule has 1 fully saturated rings. The van der Waals surface area contributed by atoms with Crippen molar-refractivity contribution in [3.63, 3.8) is 0 Å². The smallest absolute Gasteiger partial charge is 0.432 e. The predicted molar refractivity (Wildman–Crippen MR) is 178 cm³/mol. The van der Waals surface area contributed by atoms with Crippen LogP contribution in [0.3, 0.4) is 0 Å². The number of carbonyl (C=O) groups is 5. The van der Waals surface area contributed by atoms with Crippen LogP contribution in [0.1, 0.15) is 84.6 Å². The fraction of sp³-hybridized carbons (Fsp3) is 0.595. The Bertz CT molecular complexity index is 1360. The molecule has 1 aliphatic rings. The van der Waals surface area contributed by atoms with E-state index in [4.69, 9.17) is 23.7 Å². The predicted octanol–water partition coefficient (Wildman–Crippen LogP) is 6.47. The molecule has 0 heterocycles. The molecule has 7 atom stereocenters. The number of methoxy groups -OCH3 is 2. The van der Waals surface area contributed by atoms with Gasteiger partial charge < -0.3 is 28.4 Å². The number of rotatable bonds is 19. The Morgan fingerprint density at radius 3 is 2.08 bits per heavy atom. The Morgan fingerprint density at radius 2 is 1.53 bits per heavy atom. The zero-order chi connectivity index (χ0) is 38.2. The molecule has 14 heteroatoms. The molecule has 0 bridgehead atoms. The van der Waals surface area contributed by atoms with Gasteiger partial charge in [-0.1, -0.05) is 55.5 Å². The number of allylic oxidation sites excluding steroid dienone is 2. The number of esters is 5. The summed E-state index contributed by atoms with van der Waals surface area (Å²) in [4.78, 5) is 60.9. The molecule has 0 N–H and O–H groups in total. The fourth-order valence-electron chi connectivity index (χ4n) is 6.17. The van der Waals surface area contributed by atoms with E-state index in [1.807, 2.05) is 12.2 Å². The number of halogens is 3. The molecule has 1 unspecified atom stereocenters. The largest absolute Gasteiger partial charge is 0.469 e. The quantitative estimate of drug-likeness (QED) is 0.0671. The Kier molecular flexibility index (Phi) is 17.4. The monoisotopic (exact) mass is 726 g/mol. The Hall–Kier alpha value is -4.20. The van der Waals surface area contributed by atoms with E-state index >= 15 is 0 Å². The first-order valence-electron chi connectivity index (χ1n) is 16.9. The van der Waals surface area contributed by atoms with Crippen LogP contribution in [0, 0.1) is 11.8 Å². The summed E-state index contributed by atoms with van der Waals surface area (Å²) in [5.74, 6) is -4.77. The summed E-state index contributed by atoms with van der Waals surface area (Å²) < 4.78 is 75.8. The summed E-state index contributed by atoms with van der Waals surface area (Å²) in [5, 5.41) is 0. The van der Waals surface area contributed by atoms with Gasteiger partial charge in [-0.3, -0.25) is 19.2 Å². The third-order valence-corrected chi connectivity index (χ3v) is 8.60. The summed E-state index contributed by atoms with van der Waals surface area (Å²) in [6.07, 6.45) is 0.538. The molecule has 1 saturated carbocycles. The van der Waals surface area contributed by atoms with Gasteiger partial charge in [-0.2, -0.15) is 13.2 Å². The van der Waals surface area contributed by atoms with Crippen molar-refractivity contribution in [1.82, 2.24) is 0 Å². The third-order valence-electron chi connectivity index (χ3n) is 8.60. The van der Waals surface area contributed by atoms with E-state index in [0.29, 0.717) is 25.7 Å². The van der Waals surface area contributed by atoms with Crippen LogP contribution < -0.4 is 0 Å². The maximum Gasteiger partial charge on any atom is 0.432 e. The molecule has 0 spiro atoms. The Morgan fingerprint density at radius 1 is 0.882 bits per heavy atom. The first-order valence-corrected chi connectivity index (χ1v) is 16.9. The van der Waals surface area contributed by atoms with Gasteiger partial charge in [-0.15, -0.1) is 0 Å². The normalized spacial score (nSPS) is 21.4. The number of hydrogen-bond acceptors (Lipinski definition) is 11. The topological polar surface area (TPSA) is 141 Å². The maximum atomic E-state index is 14.7. The number of hydrogen-bond donors (Lipinski definition) is 0. The minimum absolute atomic E-state index is 0.0381. The molecule has 1 aliphatic carbocycles. The van der Waals surface area contributed by atoms with Gasteiger partial charge in [-0.25, -0.2) is 4.79 Å². The second-order valence-electron chi connectivity index (χ2n) is 12.2. The van der Waals surface area contributed by atoms with Gasteiger partial charge in [0, 0.05) is 58.1 Å². The Balaban J connectivity index is 2.52. The second kappa shape index (κ2) is 20.6. The lowest BCUT2D eigenvalue weighted by Gasteiger charge is -2.33. The molecule has 0 amide bonds. The second-order valence-corrected chi connectivity index (χ2v) is 12.2. The highest BCUT2D eigenvalue weighted by molar-refractivity contribution is 5.83. The van der Waals surface area contributed by atoms with Crippen molar-refractivity contribution in [2.45, 2.75) is 115 Å². The highest BCUT2D eigenvalue weighted by atomic mass is 19.4. The molecule has 11 nitrogen and oxygen atoms in total. The average molecular weight is 727 g/mol. The summed E-state index contributed by atoms with van der Waals surface area (Å²) in [6, 6.07) is 6.40. The summed E-state index contributed by atoms with van der Waals surface area (Å²) >= 11 is 0. The van der Waals surface area contributed by atoms with E-state index in [-0.39, 0.29) is 31.7 Å².